The molecule has 40 heavy (non-hydrogen) atoms. The van der Waals surface area contributed by atoms with Crippen molar-refractivity contribution >= 4 is 40.4 Å². The summed E-state index contributed by atoms with van der Waals surface area (Å²) < 4.78 is 19.7. The molecule has 3 N–H and O–H groups in total. The zero-order valence-electron chi connectivity index (χ0n) is 21.6. The van der Waals surface area contributed by atoms with E-state index in [1.165, 1.54) is 24.3 Å². The van der Waals surface area contributed by atoms with Crippen LogP contribution in [0.3, 0.4) is 0 Å². The number of fused-ring (bicyclic) bond motifs is 1. The lowest BCUT2D eigenvalue weighted by atomic mass is 9.85. The monoisotopic (exact) mass is 563 g/mol. The first-order valence-corrected chi connectivity index (χ1v) is 13.1. The standard InChI is InChI=1S/C30H27ClFN3O5/c1-40-26-10-7-18(14-22(26)32)25-16-24(34-35(25)27(36)11-12-28(37)38)29-21(13-17-5-3-2-4-6-17)20-15-19(31)8-9-23(20)33-30(29)39/h2-10,14-15,25,30,33,39H,11-13,16H2,1H3,(H,37,38). The highest BCUT2D eigenvalue weighted by molar-refractivity contribution is 6.31. The van der Waals surface area contributed by atoms with E-state index in [0.717, 1.165) is 16.7 Å². The third-order valence-electron chi connectivity index (χ3n) is 7.01. The van der Waals surface area contributed by atoms with Crippen molar-refractivity contribution in [1.29, 1.82) is 0 Å². The van der Waals surface area contributed by atoms with Gasteiger partial charge in [-0.3, -0.25) is 9.59 Å². The number of carbonyl (C=O) groups excluding carboxylic acids is 1. The number of ether oxygens (including phenoxy) is 1. The van der Waals surface area contributed by atoms with E-state index in [2.05, 4.69) is 10.4 Å². The molecule has 0 bridgehead atoms. The Bertz CT molecular complexity index is 1520. The summed E-state index contributed by atoms with van der Waals surface area (Å²) in [4.78, 5) is 24.4. The van der Waals surface area contributed by atoms with Gasteiger partial charge in [-0.2, -0.15) is 5.10 Å². The highest BCUT2D eigenvalue weighted by atomic mass is 35.5. The minimum atomic E-state index is -1.14. The Labute approximate surface area is 235 Å². The quantitative estimate of drug-likeness (QED) is 0.337. The van der Waals surface area contributed by atoms with Crippen molar-refractivity contribution in [3.8, 4) is 5.75 Å². The summed E-state index contributed by atoms with van der Waals surface area (Å²) in [6, 6.07) is 18.8. The summed E-state index contributed by atoms with van der Waals surface area (Å²) in [5.41, 5.74) is 4.67. The molecule has 2 aliphatic heterocycles. The molecule has 3 aromatic carbocycles. The number of nitrogens with one attached hydrogen (secondary N) is 1. The third-order valence-corrected chi connectivity index (χ3v) is 7.25. The molecule has 5 rings (SSSR count). The number of nitrogens with zero attached hydrogens (tertiary/aromatic N) is 2. The molecule has 206 valence electrons. The van der Waals surface area contributed by atoms with E-state index in [0.29, 0.717) is 34.0 Å². The predicted molar refractivity (Wildman–Crippen MR) is 150 cm³/mol. The van der Waals surface area contributed by atoms with E-state index in [-0.39, 0.29) is 25.0 Å². The van der Waals surface area contributed by atoms with Crippen LogP contribution in [0, 0.1) is 5.82 Å². The molecule has 0 fully saturated rings. The third kappa shape index (κ3) is 5.57. The summed E-state index contributed by atoms with van der Waals surface area (Å²) in [6.45, 7) is 0. The number of aliphatic hydroxyl groups excluding tert-OH is 1. The van der Waals surface area contributed by atoms with Gasteiger partial charge in [-0.1, -0.05) is 48.0 Å². The number of hydrazone groups is 1. The van der Waals surface area contributed by atoms with E-state index in [4.69, 9.17) is 21.4 Å². The fraction of sp³-hybridized carbons (Fsp3) is 0.233. The lowest BCUT2D eigenvalue weighted by Gasteiger charge is -2.29. The Morgan fingerprint density at radius 2 is 1.90 bits per heavy atom. The van der Waals surface area contributed by atoms with Gasteiger partial charge in [0.05, 0.1) is 25.3 Å². The number of allylic oxidation sites excluding steroid dienone is 1. The molecule has 2 aliphatic rings. The summed E-state index contributed by atoms with van der Waals surface area (Å²) in [5.74, 6) is -2.18. The normalized spacial score (nSPS) is 18.2. The van der Waals surface area contributed by atoms with Gasteiger partial charge in [0, 0.05) is 34.7 Å². The molecule has 2 unspecified atom stereocenters. The van der Waals surface area contributed by atoms with Gasteiger partial charge in [0.2, 0.25) is 5.91 Å². The Hall–Kier alpha value is -4.21. The molecule has 0 saturated carbocycles. The Morgan fingerprint density at radius 1 is 1.12 bits per heavy atom. The van der Waals surface area contributed by atoms with Gasteiger partial charge >= 0.3 is 5.97 Å². The second-order valence-corrected chi connectivity index (χ2v) is 10.0. The number of aliphatic carboxylic acids is 1. The van der Waals surface area contributed by atoms with E-state index in [1.54, 1.807) is 18.2 Å². The van der Waals surface area contributed by atoms with Crippen LogP contribution >= 0.6 is 11.6 Å². The zero-order chi connectivity index (χ0) is 28.4. The van der Waals surface area contributed by atoms with E-state index < -0.39 is 30.0 Å². The van der Waals surface area contributed by atoms with Crippen LogP contribution in [0.4, 0.5) is 10.1 Å². The number of hydrogen-bond acceptors (Lipinski definition) is 6. The number of carbonyl (C=O) groups is 2. The lowest BCUT2D eigenvalue weighted by molar-refractivity contribution is -0.141. The van der Waals surface area contributed by atoms with Gasteiger partial charge in [-0.15, -0.1) is 0 Å². The van der Waals surface area contributed by atoms with Crippen LogP contribution in [0.25, 0.3) is 5.57 Å². The van der Waals surface area contributed by atoms with Crippen molar-refractivity contribution in [2.75, 3.05) is 12.4 Å². The maximum atomic E-state index is 14.7. The van der Waals surface area contributed by atoms with Crippen LogP contribution in [-0.2, 0) is 16.0 Å². The second kappa shape index (κ2) is 11.5. The smallest absolute Gasteiger partial charge is 0.303 e. The zero-order valence-corrected chi connectivity index (χ0v) is 22.4. The first-order valence-electron chi connectivity index (χ1n) is 12.7. The Morgan fingerprint density at radius 3 is 2.60 bits per heavy atom. The fourth-order valence-electron chi connectivity index (χ4n) is 5.12. The van der Waals surface area contributed by atoms with Gasteiger partial charge in [0.15, 0.2) is 17.8 Å². The van der Waals surface area contributed by atoms with Gasteiger partial charge in [0.1, 0.15) is 0 Å². The number of benzene rings is 3. The van der Waals surface area contributed by atoms with Crippen molar-refractivity contribution in [1.82, 2.24) is 5.01 Å². The SMILES string of the molecule is COc1ccc(C2CC(C3=C(Cc4ccccc4)c4cc(Cl)ccc4NC3O)=NN2C(=O)CCC(=O)O)cc1F. The molecule has 1 amide bonds. The summed E-state index contributed by atoms with van der Waals surface area (Å²) in [6.07, 6.45) is -1.17. The van der Waals surface area contributed by atoms with Crippen LogP contribution in [0.5, 0.6) is 5.75 Å². The molecule has 8 nitrogen and oxygen atoms in total. The van der Waals surface area contributed by atoms with Crippen molar-refractivity contribution in [3.63, 3.8) is 0 Å². The minimum absolute atomic E-state index is 0.0555. The van der Waals surface area contributed by atoms with Gasteiger partial charge < -0.3 is 20.3 Å². The lowest BCUT2D eigenvalue weighted by Crippen LogP contribution is -2.31. The highest BCUT2D eigenvalue weighted by Crippen LogP contribution is 2.42. The average Bonchev–Trinajstić information content (AvgIpc) is 3.37. The van der Waals surface area contributed by atoms with Crippen LogP contribution in [0.1, 0.15) is 42.0 Å². The number of carboxylic acid groups (broad SMARTS) is 1. The molecule has 10 heteroatoms. The van der Waals surface area contributed by atoms with Gasteiger partial charge in [0.25, 0.3) is 0 Å². The molecule has 0 radical (unpaired) electrons. The Balaban J connectivity index is 1.62. The molecule has 0 aromatic heterocycles. The molecule has 2 heterocycles. The second-order valence-electron chi connectivity index (χ2n) is 9.58. The van der Waals surface area contributed by atoms with E-state index in [9.17, 15) is 19.1 Å². The number of aliphatic hydroxyl groups is 1. The summed E-state index contributed by atoms with van der Waals surface area (Å²) in [5, 5.41) is 29.9. The molecule has 0 aliphatic carbocycles. The number of anilines is 1. The van der Waals surface area contributed by atoms with Crippen LogP contribution in [-0.4, -0.2) is 46.1 Å². The topological polar surface area (TPSA) is 111 Å². The summed E-state index contributed by atoms with van der Waals surface area (Å²) in [7, 11) is 1.36. The molecule has 3 aromatic rings. The van der Waals surface area contributed by atoms with Crippen molar-refractivity contribution in [3.05, 3.63) is 99.8 Å². The molecule has 0 spiro atoms. The molecule has 2 atom stereocenters. The molecular formula is C30H27ClFN3O5. The number of rotatable bonds is 8. The Kier molecular flexibility index (Phi) is 7.86. The van der Waals surface area contributed by atoms with Crippen LogP contribution < -0.4 is 10.1 Å². The number of hydrogen-bond donors (Lipinski definition) is 3. The first kappa shape index (κ1) is 27.4. The summed E-state index contributed by atoms with van der Waals surface area (Å²) >= 11 is 6.37. The molecular weight excluding hydrogens is 537 g/mol. The first-order chi connectivity index (χ1) is 19.2. The number of carboxylic acids is 1. The van der Waals surface area contributed by atoms with Gasteiger partial charge in [-0.25, -0.2) is 9.40 Å². The maximum Gasteiger partial charge on any atom is 0.303 e. The van der Waals surface area contributed by atoms with Crippen molar-refractivity contribution < 1.29 is 28.9 Å². The molecule has 0 saturated heterocycles. The maximum absolute atomic E-state index is 14.7. The van der Waals surface area contributed by atoms with Crippen LogP contribution in [0.2, 0.25) is 5.02 Å². The van der Waals surface area contributed by atoms with Crippen molar-refractivity contribution in [2.45, 2.75) is 38.0 Å². The fourth-order valence-corrected chi connectivity index (χ4v) is 5.30. The van der Waals surface area contributed by atoms with Gasteiger partial charge in [-0.05, 0) is 53.5 Å². The largest absolute Gasteiger partial charge is 0.494 e. The minimum Gasteiger partial charge on any atom is -0.494 e. The highest BCUT2D eigenvalue weighted by Gasteiger charge is 2.38. The number of methoxy groups -OCH3 is 1. The van der Waals surface area contributed by atoms with E-state index >= 15 is 0 Å². The van der Waals surface area contributed by atoms with Crippen molar-refractivity contribution in [2.24, 2.45) is 5.10 Å². The van der Waals surface area contributed by atoms with Crippen LogP contribution in [0.15, 0.2) is 77.4 Å². The predicted octanol–water partition coefficient (Wildman–Crippen LogP) is 5.42. The number of amides is 1. The van der Waals surface area contributed by atoms with E-state index in [1.807, 2.05) is 36.4 Å². The average molecular weight is 564 g/mol. The number of halogens is 2.